The number of hydrogen-bond acceptors (Lipinski definition) is 3. The van der Waals surface area contributed by atoms with Crippen molar-refractivity contribution in [1.82, 2.24) is 24.3 Å². The molecule has 1 N–H and O–H groups in total. The number of aromatic nitrogens is 5. The zero-order chi connectivity index (χ0) is 12.4. The number of nitrogens with one attached hydrogen (secondary N) is 1. The van der Waals surface area contributed by atoms with Gasteiger partial charge in [-0.05, 0) is 18.1 Å². The Kier molecular flexibility index (Phi) is 3.42. The molecule has 0 aliphatic rings. The summed E-state index contributed by atoms with van der Waals surface area (Å²) in [5.41, 5.74) is 1.23. The normalized spacial score (nSPS) is 11.3. The van der Waals surface area contributed by atoms with Gasteiger partial charge in [0, 0.05) is 31.9 Å². The molecule has 0 atom stereocenters. The Labute approximate surface area is 106 Å². The van der Waals surface area contributed by atoms with Crippen LogP contribution in [0.4, 0.5) is 0 Å². The summed E-state index contributed by atoms with van der Waals surface area (Å²) in [7, 11) is 1.95. The lowest BCUT2D eigenvalue weighted by molar-refractivity contribution is 0.601. The fourth-order valence-corrected chi connectivity index (χ4v) is 2.12. The standard InChI is InChI=1S/C11H17N5S/c1-8(2)9-6-12-11(17)16(9)5-4-10-14-13-7-15(10)3/h6-8H,4-5H2,1-3H3,(H,12,17). The van der Waals surface area contributed by atoms with Crippen LogP contribution in [0, 0.1) is 4.77 Å². The maximum atomic E-state index is 5.28. The molecule has 5 nitrogen and oxygen atoms in total. The van der Waals surface area contributed by atoms with Crippen molar-refractivity contribution in [3.63, 3.8) is 0 Å². The highest BCUT2D eigenvalue weighted by molar-refractivity contribution is 7.71. The smallest absolute Gasteiger partial charge is 0.177 e. The van der Waals surface area contributed by atoms with Crippen LogP contribution in [0.1, 0.15) is 31.3 Å². The number of aromatic amines is 1. The van der Waals surface area contributed by atoms with Gasteiger partial charge in [0.1, 0.15) is 12.2 Å². The third kappa shape index (κ3) is 2.46. The van der Waals surface area contributed by atoms with Crippen molar-refractivity contribution in [2.75, 3.05) is 0 Å². The molecule has 92 valence electrons. The Bertz CT molecular complexity index is 548. The van der Waals surface area contributed by atoms with Crippen molar-refractivity contribution in [3.05, 3.63) is 28.8 Å². The molecule has 0 amide bonds. The molecule has 0 spiro atoms. The lowest BCUT2D eigenvalue weighted by Gasteiger charge is -2.10. The van der Waals surface area contributed by atoms with Crippen molar-refractivity contribution in [1.29, 1.82) is 0 Å². The van der Waals surface area contributed by atoms with Crippen LogP contribution in [0.15, 0.2) is 12.5 Å². The second kappa shape index (κ2) is 4.83. The molecule has 2 rings (SSSR count). The maximum Gasteiger partial charge on any atom is 0.177 e. The largest absolute Gasteiger partial charge is 0.337 e. The number of aryl methyl sites for hydroxylation is 2. The van der Waals surface area contributed by atoms with Gasteiger partial charge in [0.05, 0.1) is 0 Å². The first-order chi connectivity index (χ1) is 8.09. The highest BCUT2D eigenvalue weighted by Crippen LogP contribution is 2.14. The fourth-order valence-electron chi connectivity index (χ4n) is 1.86. The van der Waals surface area contributed by atoms with E-state index in [9.17, 15) is 0 Å². The van der Waals surface area contributed by atoms with Crippen LogP contribution in [0.3, 0.4) is 0 Å². The highest BCUT2D eigenvalue weighted by Gasteiger charge is 2.09. The molecule has 0 aliphatic carbocycles. The van der Waals surface area contributed by atoms with Gasteiger partial charge < -0.3 is 14.1 Å². The zero-order valence-corrected chi connectivity index (χ0v) is 11.2. The summed E-state index contributed by atoms with van der Waals surface area (Å²) in [6, 6.07) is 0. The van der Waals surface area contributed by atoms with Crippen LogP contribution in [-0.4, -0.2) is 24.3 Å². The lowest BCUT2D eigenvalue weighted by Crippen LogP contribution is -2.09. The fraction of sp³-hybridized carbons (Fsp3) is 0.545. The second-order valence-corrected chi connectivity index (χ2v) is 4.82. The molecular weight excluding hydrogens is 234 g/mol. The van der Waals surface area contributed by atoms with Gasteiger partial charge in [-0.25, -0.2) is 0 Å². The third-order valence-electron chi connectivity index (χ3n) is 2.86. The van der Waals surface area contributed by atoms with Crippen molar-refractivity contribution in [3.8, 4) is 0 Å². The lowest BCUT2D eigenvalue weighted by atomic mass is 10.1. The van der Waals surface area contributed by atoms with Crippen LogP contribution in [0.25, 0.3) is 0 Å². The monoisotopic (exact) mass is 251 g/mol. The van der Waals surface area contributed by atoms with E-state index in [4.69, 9.17) is 12.2 Å². The van der Waals surface area contributed by atoms with E-state index in [2.05, 4.69) is 33.6 Å². The molecule has 0 aliphatic heterocycles. The van der Waals surface area contributed by atoms with Gasteiger partial charge in [0.2, 0.25) is 0 Å². The summed E-state index contributed by atoms with van der Waals surface area (Å²) in [6.07, 6.45) is 4.54. The summed E-state index contributed by atoms with van der Waals surface area (Å²) < 4.78 is 4.84. The SMILES string of the molecule is CC(C)c1c[nH]c(=S)n1CCc1nncn1C. The number of H-pyrrole nitrogens is 1. The summed E-state index contributed by atoms with van der Waals surface area (Å²) >= 11 is 5.28. The molecule has 0 saturated heterocycles. The van der Waals surface area contributed by atoms with Crippen molar-refractivity contribution >= 4 is 12.2 Å². The third-order valence-corrected chi connectivity index (χ3v) is 3.19. The van der Waals surface area contributed by atoms with Gasteiger partial charge in [-0.15, -0.1) is 10.2 Å². The molecule has 2 aromatic heterocycles. The first-order valence-electron chi connectivity index (χ1n) is 5.70. The van der Waals surface area contributed by atoms with E-state index >= 15 is 0 Å². The van der Waals surface area contributed by atoms with Crippen molar-refractivity contribution in [2.45, 2.75) is 32.7 Å². The first-order valence-corrected chi connectivity index (χ1v) is 6.11. The number of nitrogens with zero attached hydrogens (tertiary/aromatic N) is 4. The van der Waals surface area contributed by atoms with E-state index in [1.54, 1.807) is 6.33 Å². The maximum absolute atomic E-state index is 5.28. The average molecular weight is 251 g/mol. The molecule has 0 bridgehead atoms. The van der Waals surface area contributed by atoms with Crippen LogP contribution in [0.5, 0.6) is 0 Å². The number of hydrogen-bond donors (Lipinski definition) is 1. The van der Waals surface area contributed by atoms with E-state index in [-0.39, 0.29) is 0 Å². The molecule has 2 heterocycles. The molecule has 0 aromatic carbocycles. The van der Waals surface area contributed by atoms with Gasteiger partial charge in [0.15, 0.2) is 4.77 Å². The molecule has 6 heteroatoms. The van der Waals surface area contributed by atoms with Gasteiger partial charge in [0.25, 0.3) is 0 Å². The van der Waals surface area contributed by atoms with Crippen molar-refractivity contribution in [2.24, 2.45) is 7.05 Å². The van der Waals surface area contributed by atoms with Crippen LogP contribution in [-0.2, 0) is 20.0 Å². The molecular formula is C11H17N5S. The number of rotatable bonds is 4. The van der Waals surface area contributed by atoms with Crippen LogP contribution >= 0.6 is 12.2 Å². The highest BCUT2D eigenvalue weighted by atomic mass is 32.1. The quantitative estimate of drug-likeness (QED) is 0.846. The molecule has 17 heavy (non-hydrogen) atoms. The minimum atomic E-state index is 0.461. The van der Waals surface area contributed by atoms with Crippen molar-refractivity contribution < 1.29 is 0 Å². The topological polar surface area (TPSA) is 51.4 Å². The first kappa shape index (κ1) is 12.0. The van der Waals surface area contributed by atoms with E-state index < -0.39 is 0 Å². The van der Waals surface area contributed by atoms with Crippen LogP contribution < -0.4 is 0 Å². The summed E-state index contributed by atoms with van der Waals surface area (Å²) in [5.74, 6) is 1.44. The van der Waals surface area contributed by atoms with Gasteiger partial charge in [-0.3, -0.25) is 0 Å². The van der Waals surface area contributed by atoms with Crippen LogP contribution in [0.2, 0.25) is 0 Å². The Morgan fingerprint density at radius 2 is 2.24 bits per heavy atom. The van der Waals surface area contributed by atoms with E-state index in [1.165, 1.54) is 5.69 Å². The van der Waals surface area contributed by atoms with Gasteiger partial charge in [-0.1, -0.05) is 13.8 Å². The van der Waals surface area contributed by atoms with E-state index in [0.29, 0.717) is 5.92 Å². The molecule has 0 saturated carbocycles. The summed E-state index contributed by atoms with van der Waals surface area (Å²) in [6.45, 7) is 5.16. The minimum Gasteiger partial charge on any atom is -0.337 e. The van der Waals surface area contributed by atoms with Gasteiger partial charge >= 0.3 is 0 Å². The molecule has 0 radical (unpaired) electrons. The predicted molar refractivity (Wildman–Crippen MR) is 68.4 cm³/mol. The predicted octanol–water partition coefficient (Wildman–Crippen LogP) is 2.04. The summed E-state index contributed by atoms with van der Waals surface area (Å²) in [5, 5.41) is 7.95. The Morgan fingerprint density at radius 1 is 1.47 bits per heavy atom. The van der Waals surface area contributed by atoms with Gasteiger partial charge in [-0.2, -0.15) is 0 Å². The minimum absolute atomic E-state index is 0.461. The van der Waals surface area contributed by atoms with E-state index in [1.807, 2.05) is 17.8 Å². The second-order valence-electron chi connectivity index (χ2n) is 4.43. The number of imidazole rings is 1. The average Bonchev–Trinajstić information content (AvgIpc) is 2.82. The Balaban J connectivity index is 2.17. The Morgan fingerprint density at radius 3 is 2.82 bits per heavy atom. The molecule has 0 unspecified atom stereocenters. The summed E-state index contributed by atoms with van der Waals surface area (Å²) in [4.78, 5) is 3.10. The Hall–Kier alpha value is -1.43. The van der Waals surface area contributed by atoms with E-state index in [0.717, 1.165) is 23.6 Å². The molecule has 0 fully saturated rings. The zero-order valence-electron chi connectivity index (χ0n) is 10.3. The molecule has 2 aromatic rings.